The van der Waals surface area contributed by atoms with Gasteiger partial charge in [-0.3, -0.25) is 20.6 Å². The normalized spacial score (nSPS) is 10.1. The van der Waals surface area contributed by atoms with Crippen molar-refractivity contribution in [3.8, 4) is 11.6 Å². The van der Waals surface area contributed by atoms with Gasteiger partial charge in [-0.25, -0.2) is 4.98 Å². The SMILES string of the molecule is Cc1ccccc1C(=O)NNc1ncnc(Oc2cccnc2)c1N. The van der Waals surface area contributed by atoms with Crippen LogP contribution in [0.15, 0.2) is 55.1 Å². The summed E-state index contributed by atoms with van der Waals surface area (Å²) in [6.45, 7) is 1.85. The van der Waals surface area contributed by atoms with E-state index in [2.05, 4.69) is 25.8 Å². The Morgan fingerprint density at radius 1 is 1.16 bits per heavy atom. The van der Waals surface area contributed by atoms with Crippen LogP contribution in [0.4, 0.5) is 11.5 Å². The fraction of sp³-hybridized carbons (Fsp3) is 0.0588. The van der Waals surface area contributed by atoms with Gasteiger partial charge in [-0.2, -0.15) is 4.98 Å². The van der Waals surface area contributed by atoms with Crippen LogP contribution in [-0.4, -0.2) is 20.9 Å². The Labute approximate surface area is 144 Å². The first-order valence-corrected chi connectivity index (χ1v) is 7.45. The van der Waals surface area contributed by atoms with Crippen molar-refractivity contribution in [1.29, 1.82) is 0 Å². The van der Waals surface area contributed by atoms with Crippen LogP contribution < -0.4 is 21.3 Å². The molecule has 0 aliphatic rings. The molecular weight excluding hydrogens is 320 g/mol. The topological polar surface area (TPSA) is 115 Å². The molecule has 4 N–H and O–H groups in total. The van der Waals surface area contributed by atoms with Crippen molar-refractivity contribution >= 4 is 17.4 Å². The number of carbonyl (C=O) groups excluding carboxylic acids is 1. The zero-order valence-electron chi connectivity index (χ0n) is 13.4. The minimum Gasteiger partial charge on any atom is -0.435 e. The van der Waals surface area contributed by atoms with Gasteiger partial charge >= 0.3 is 0 Å². The Kier molecular flexibility index (Phi) is 4.70. The third kappa shape index (κ3) is 3.81. The van der Waals surface area contributed by atoms with E-state index in [-0.39, 0.29) is 23.3 Å². The van der Waals surface area contributed by atoms with E-state index in [0.29, 0.717) is 11.3 Å². The van der Waals surface area contributed by atoms with Crippen LogP contribution in [0.1, 0.15) is 15.9 Å². The van der Waals surface area contributed by atoms with Crippen molar-refractivity contribution in [2.45, 2.75) is 6.92 Å². The molecule has 8 heteroatoms. The highest BCUT2D eigenvalue weighted by Crippen LogP contribution is 2.28. The molecule has 2 heterocycles. The average molecular weight is 336 g/mol. The first-order valence-electron chi connectivity index (χ1n) is 7.45. The quantitative estimate of drug-likeness (QED) is 0.612. The lowest BCUT2D eigenvalue weighted by atomic mass is 10.1. The van der Waals surface area contributed by atoms with Crippen LogP contribution in [0.5, 0.6) is 11.6 Å². The number of nitrogen functional groups attached to an aromatic ring is 1. The summed E-state index contributed by atoms with van der Waals surface area (Å²) >= 11 is 0. The van der Waals surface area contributed by atoms with Crippen LogP contribution in [0.25, 0.3) is 0 Å². The van der Waals surface area contributed by atoms with E-state index < -0.39 is 0 Å². The number of nitrogens with zero attached hydrogens (tertiary/aromatic N) is 3. The number of benzene rings is 1. The molecule has 0 atom stereocenters. The number of aromatic nitrogens is 3. The first-order chi connectivity index (χ1) is 12.1. The van der Waals surface area contributed by atoms with E-state index in [1.807, 2.05) is 19.1 Å². The van der Waals surface area contributed by atoms with E-state index in [4.69, 9.17) is 10.5 Å². The van der Waals surface area contributed by atoms with E-state index in [0.717, 1.165) is 5.56 Å². The number of pyridine rings is 1. The molecule has 3 rings (SSSR count). The Bertz CT molecular complexity index is 885. The number of nitrogens with two attached hydrogens (primary N) is 1. The second-order valence-electron chi connectivity index (χ2n) is 5.13. The summed E-state index contributed by atoms with van der Waals surface area (Å²) in [7, 11) is 0. The van der Waals surface area contributed by atoms with Crippen molar-refractivity contribution in [1.82, 2.24) is 20.4 Å². The lowest BCUT2D eigenvalue weighted by Gasteiger charge is -2.13. The van der Waals surface area contributed by atoms with Crippen molar-refractivity contribution in [3.05, 3.63) is 66.2 Å². The lowest BCUT2D eigenvalue weighted by molar-refractivity contribution is 0.0962. The van der Waals surface area contributed by atoms with Gasteiger partial charge in [-0.05, 0) is 30.7 Å². The third-order valence-corrected chi connectivity index (χ3v) is 3.38. The van der Waals surface area contributed by atoms with Gasteiger partial charge in [0, 0.05) is 11.8 Å². The van der Waals surface area contributed by atoms with E-state index in [9.17, 15) is 4.79 Å². The van der Waals surface area contributed by atoms with Gasteiger partial charge in [0.05, 0.1) is 6.20 Å². The third-order valence-electron chi connectivity index (χ3n) is 3.38. The van der Waals surface area contributed by atoms with Gasteiger partial charge in [0.1, 0.15) is 17.8 Å². The molecule has 3 aromatic rings. The zero-order valence-corrected chi connectivity index (χ0v) is 13.4. The number of anilines is 2. The van der Waals surface area contributed by atoms with Crippen LogP contribution in [0.2, 0.25) is 0 Å². The largest absolute Gasteiger partial charge is 0.435 e. The molecule has 0 aliphatic heterocycles. The molecule has 0 aliphatic carbocycles. The maximum atomic E-state index is 12.2. The van der Waals surface area contributed by atoms with Gasteiger partial charge in [-0.1, -0.05) is 18.2 Å². The molecule has 0 unspecified atom stereocenters. The Balaban J connectivity index is 1.72. The summed E-state index contributed by atoms with van der Waals surface area (Å²) in [6.07, 6.45) is 4.45. The van der Waals surface area contributed by atoms with E-state index >= 15 is 0 Å². The van der Waals surface area contributed by atoms with E-state index in [1.165, 1.54) is 12.5 Å². The smallest absolute Gasteiger partial charge is 0.269 e. The molecule has 0 spiro atoms. The van der Waals surface area contributed by atoms with Crippen LogP contribution in [-0.2, 0) is 0 Å². The van der Waals surface area contributed by atoms with Crippen molar-refractivity contribution in [2.75, 3.05) is 11.2 Å². The molecule has 8 nitrogen and oxygen atoms in total. The highest BCUT2D eigenvalue weighted by molar-refractivity contribution is 5.96. The maximum absolute atomic E-state index is 12.2. The zero-order chi connectivity index (χ0) is 17.6. The summed E-state index contributed by atoms with van der Waals surface area (Å²) in [4.78, 5) is 24.2. The number of hydrazine groups is 1. The summed E-state index contributed by atoms with van der Waals surface area (Å²) in [5.74, 6) is 0.583. The molecular formula is C17H16N6O2. The highest BCUT2D eigenvalue weighted by Gasteiger charge is 2.12. The summed E-state index contributed by atoms with van der Waals surface area (Å²) in [5, 5.41) is 0. The summed E-state index contributed by atoms with van der Waals surface area (Å²) in [5.41, 5.74) is 12.8. The van der Waals surface area contributed by atoms with Crippen LogP contribution in [0, 0.1) is 6.92 Å². The maximum Gasteiger partial charge on any atom is 0.269 e. The molecule has 2 aromatic heterocycles. The van der Waals surface area contributed by atoms with E-state index in [1.54, 1.807) is 30.5 Å². The molecule has 0 saturated carbocycles. The molecule has 0 saturated heterocycles. The molecule has 1 amide bonds. The highest BCUT2D eigenvalue weighted by atomic mass is 16.5. The first kappa shape index (κ1) is 16.2. The van der Waals surface area contributed by atoms with Crippen LogP contribution in [0.3, 0.4) is 0 Å². The number of nitrogens with one attached hydrogen (secondary N) is 2. The predicted molar refractivity (Wildman–Crippen MR) is 93.0 cm³/mol. The standard InChI is InChI=1S/C17H16N6O2/c1-11-5-2-3-7-13(11)16(24)23-22-15-14(18)17(21-10-20-15)25-12-6-4-8-19-9-12/h2-10H,18H2,1H3,(H,23,24)(H,20,21,22). The predicted octanol–water partition coefficient (Wildman–Crippen LogP) is 2.31. The van der Waals surface area contributed by atoms with Gasteiger partial charge < -0.3 is 10.5 Å². The second-order valence-corrected chi connectivity index (χ2v) is 5.13. The average Bonchev–Trinajstić information content (AvgIpc) is 2.63. The molecule has 0 bridgehead atoms. The van der Waals surface area contributed by atoms with Crippen molar-refractivity contribution < 1.29 is 9.53 Å². The molecule has 0 radical (unpaired) electrons. The monoisotopic (exact) mass is 336 g/mol. The molecule has 25 heavy (non-hydrogen) atoms. The number of rotatable bonds is 5. The summed E-state index contributed by atoms with van der Waals surface area (Å²) < 4.78 is 5.57. The minimum absolute atomic E-state index is 0.163. The van der Waals surface area contributed by atoms with Crippen LogP contribution >= 0.6 is 0 Å². The van der Waals surface area contributed by atoms with Crippen molar-refractivity contribution in [3.63, 3.8) is 0 Å². The van der Waals surface area contributed by atoms with Gasteiger partial charge in [-0.15, -0.1) is 0 Å². The van der Waals surface area contributed by atoms with Gasteiger partial charge in [0.2, 0.25) is 5.88 Å². The number of hydrogen-bond donors (Lipinski definition) is 3. The van der Waals surface area contributed by atoms with Crippen molar-refractivity contribution in [2.24, 2.45) is 0 Å². The van der Waals surface area contributed by atoms with Gasteiger partial charge in [0.25, 0.3) is 5.91 Å². The Hall–Kier alpha value is -3.68. The fourth-order valence-electron chi connectivity index (χ4n) is 2.09. The van der Waals surface area contributed by atoms with Gasteiger partial charge in [0.15, 0.2) is 5.82 Å². The second kappa shape index (κ2) is 7.26. The number of hydrogen-bond acceptors (Lipinski definition) is 7. The lowest BCUT2D eigenvalue weighted by Crippen LogP contribution is -2.30. The molecule has 0 fully saturated rings. The fourth-order valence-corrected chi connectivity index (χ4v) is 2.09. The Morgan fingerprint density at radius 2 is 2.00 bits per heavy atom. The molecule has 126 valence electrons. The Morgan fingerprint density at radius 3 is 2.76 bits per heavy atom. The number of aryl methyl sites for hydroxylation is 1. The number of carbonyl (C=O) groups is 1. The number of ether oxygens (including phenoxy) is 1. The molecule has 1 aromatic carbocycles. The number of amides is 1. The minimum atomic E-state index is -0.300. The summed E-state index contributed by atoms with van der Waals surface area (Å²) in [6, 6.07) is 10.7.